The predicted molar refractivity (Wildman–Crippen MR) is 116 cm³/mol. The van der Waals surface area contributed by atoms with Gasteiger partial charge in [0, 0.05) is 25.6 Å². The summed E-state index contributed by atoms with van der Waals surface area (Å²) in [6.07, 6.45) is 5.18. The lowest BCUT2D eigenvalue weighted by molar-refractivity contribution is 0.133. The Balaban J connectivity index is 1.32. The molecule has 1 saturated heterocycles. The van der Waals surface area contributed by atoms with Crippen molar-refractivity contribution in [2.75, 3.05) is 20.2 Å². The molecule has 0 radical (unpaired) electrons. The molecule has 1 N–H and O–H groups in total. The molecule has 2 saturated carbocycles. The van der Waals surface area contributed by atoms with Crippen LogP contribution >= 0.6 is 0 Å². The zero-order chi connectivity index (χ0) is 22.2. The summed E-state index contributed by atoms with van der Waals surface area (Å²) < 4.78 is 38.8. The van der Waals surface area contributed by atoms with Gasteiger partial charge in [0.25, 0.3) is 0 Å². The van der Waals surface area contributed by atoms with E-state index in [-0.39, 0.29) is 24.6 Å². The second-order valence-corrected chi connectivity index (χ2v) is 9.25. The average Bonchev–Trinajstić information content (AvgIpc) is 3.41. The number of carbonyl (C=O) groups excluding carboxylic acids is 1. The Labute approximate surface area is 186 Å². The van der Waals surface area contributed by atoms with E-state index in [0.717, 1.165) is 41.5 Å². The van der Waals surface area contributed by atoms with E-state index in [1.807, 2.05) is 18.2 Å². The molecular formula is C25H28F2N2O3. The third-order valence-electron chi connectivity index (χ3n) is 7.20. The Hall–Kier alpha value is -2.83. The molecular weight excluding hydrogens is 414 g/mol. The van der Waals surface area contributed by atoms with Gasteiger partial charge in [0.2, 0.25) is 0 Å². The predicted octanol–water partition coefficient (Wildman–Crippen LogP) is 4.85. The van der Waals surface area contributed by atoms with E-state index >= 15 is 0 Å². The molecule has 3 fully saturated rings. The molecule has 170 valence electrons. The fourth-order valence-corrected chi connectivity index (χ4v) is 5.49. The number of nitrogens with zero attached hydrogens (tertiary/aromatic N) is 1. The molecule has 2 aliphatic carbocycles. The van der Waals surface area contributed by atoms with Crippen LogP contribution in [-0.2, 0) is 6.54 Å². The Morgan fingerprint density at radius 1 is 1.06 bits per heavy atom. The van der Waals surface area contributed by atoms with Crippen LogP contribution in [0.4, 0.5) is 13.6 Å². The summed E-state index contributed by atoms with van der Waals surface area (Å²) in [5.74, 6) is 1.14. The van der Waals surface area contributed by atoms with E-state index in [1.165, 1.54) is 25.3 Å². The van der Waals surface area contributed by atoms with Crippen LogP contribution in [0.5, 0.6) is 11.5 Å². The van der Waals surface area contributed by atoms with Gasteiger partial charge in [-0.2, -0.15) is 0 Å². The molecule has 0 aromatic heterocycles. The van der Waals surface area contributed by atoms with E-state index in [4.69, 9.17) is 9.47 Å². The highest BCUT2D eigenvalue weighted by atomic mass is 19.2. The number of methoxy groups -OCH3 is 1. The Morgan fingerprint density at radius 2 is 1.94 bits per heavy atom. The van der Waals surface area contributed by atoms with E-state index in [0.29, 0.717) is 24.6 Å². The molecule has 2 amide bonds. The maximum Gasteiger partial charge on any atom is 0.317 e. The molecule has 7 heteroatoms. The smallest absolute Gasteiger partial charge is 0.317 e. The first-order valence-corrected chi connectivity index (χ1v) is 11.3. The van der Waals surface area contributed by atoms with Gasteiger partial charge >= 0.3 is 6.03 Å². The van der Waals surface area contributed by atoms with Crippen LogP contribution in [0.15, 0.2) is 36.4 Å². The van der Waals surface area contributed by atoms with Crippen molar-refractivity contribution in [2.45, 2.75) is 44.2 Å². The van der Waals surface area contributed by atoms with Crippen molar-refractivity contribution in [3.8, 4) is 11.5 Å². The summed E-state index contributed by atoms with van der Waals surface area (Å²) in [4.78, 5) is 14.0. The first-order valence-electron chi connectivity index (χ1n) is 11.3. The number of carbonyl (C=O) groups is 1. The highest BCUT2D eigenvalue weighted by molar-refractivity contribution is 5.75. The van der Waals surface area contributed by atoms with Crippen LogP contribution in [0, 0.1) is 23.5 Å². The molecule has 5 nitrogen and oxygen atoms in total. The van der Waals surface area contributed by atoms with Gasteiger partial charge < -0.3 is 19.7 Å². The monoisotopic (exact) mass is 442 g/mol. The van der Waals surface area contributed by atoms with Crippen LogP contribution in [0.2, 0.25) is 0 Å². The lowest BCUT2D eigenvalue weighted by Gasteiger charge is -2.34. The number of fused-ring (bicyclic) bond motifs is 2. The molecule has 0 spiro atoms. The molecule has 2 bridgehead atoms. The molecule has 3 aliphatic rings. The van der Waals surface area contributed by atoms with Gasteiger partial charge in [-0.3, -0.25) is 0 Å². The zero-order valence-electron chi connectivity index (χ0n) is 18.2. The number of rotatable bonds is 6. The molecule has 2 aromatic rings. The van der Waals surface area contributed by atoms with Gasteiger partial charge in [0.1, 0.15) is 6.10 Å². The van der Waals surface area contributed by atoms with E-state index in [1.54, 1.807) is 12.0 Å². The van der Waals surface area contributed by atoms with Gasteiger partial charge in [-0.15, -0.1) is 0 Å². The van der Waals surface area contributed by atoms with Crippen LogP contribution in [0.3, 0.4) is 0 Å². The van der Waals surface area contributed by atoms with Gasteiger partial charge in [-0.1, -0.05) is 12.1 Å². The molecule has 32 heavy (non-hydrogen) atoms. The number of benzene rings is 2. The molecule has 5 rings (SSSR count). The highest BCUT2D eigenvalue weighted by Gasteiger charge is 2.41. The Kier molecular flexibility index (Phi) is 5.66. The standard InChI is InChI=1S/C25H28F2N2O3/c1-31-22-7-5-17(11-24(22)32-23-10-15-2-4-18(23)8-15)19-12-28-25(30)29(14-19)13-16-3-6-20(26)21(27)9-16/h3,5-7,9,11,15,18-19,23H,2,4,8,10,12-14H2,1H3,(H,28,30)/t15-,18+,19?,23?/m1/s1. The number of hydrogen-bond acceptors (Lipinski definition) is 3. The fraction of sp³-hybridized carbons (Fsp3) is 0.480. The molecule has 1 heterocycles. The van der Waals surface area contributed by atoms with Crippen molar-refractivity contribution in [3.63, 3.8) is 0 Å². The van der Waals surface area contributed by atoms with Crippen molar-refractivity contribution < 1.29 is 23.0 Å². The second-order valence-electron chi connectivity index (χ2n) is 9.25. The van der Waals surface area contributed by atoms with Crippen LogP contribution in [-0.4, -0.2) is 37.2 Å². The minimum atomic E-state index is -0.908. The number of urea groups is 1. The lowest BCUT2D eigenvalue weighted by Crippen LogP contribution is -2.49. The molecule has 2 aromatic carbocycles. The molecule has 4 atom stereocenters. The quantitative estimate of drug-likeness (QED) is 0.696. The fourth-order valence-electron chi connectivity index (χ4n) is 5.49. The molecule has 1 aliphatic heterocycles. The third kappa shape index (κ3) is 4.12. The number of nitrogens with one attached hydrogen (secondary N) is 1. The van der Waals surface area contributed by atoms with Crippen LogP contribution < -0.4 is 14.8 Å². The summed E-state index contributed by atoms with van der Waals surface area (Å²) in [6, 6.07) is 9.48. The Morgan fingerprint density at radius 3 is 2.66 bits per heavy atom. The minimum Gasteiger partial charge on any atom is -0.493 e. The average molecular weight is 443 g/mol. The van der Waals surface area contributed by atoms with Crippen molar-refractivity contribution in [1.29, 1.82) is 0 Å². The van der Waals surface area contributed by atoms with Gasteiger partial charge in [0.05, 0.1) is 7.11 Å². The summed E-state index contributed by atoms with van der Waals surface area (Å²) in [5.41, 5.74) is 1.61. The number of amides is 2. The third-order valence-corrected chi connectivity index (χ3v) is 7.20. The summed E-state index contributed by atoms with van der Waals surface area (Å²) >= 11 is 0. The number of ether oxygens (including phenoxy) is 2. The van der Waals surface area contributed by atoms with Gasteiger partial charge in [0.15, 0.2) is 23.1 Å². The first kappa shape index (κ1) is 21.0. The van der Waals surface area contributed by atoms with Crippen molar-refractivity contribution in [1.82, 2.24) is 10.2 Å². The summed E-state index contributed by atoms with van der Waals surface area (Å²) in [5, 5.41) is 2.92. The molecule has 2 unspecified atom stereocenters. The van der Waals surface area contributed by atoms with Crippen LogP contribution in [0.1, 0.15) is 42.7 Å². The lowest BCUT2D eigenvalue weighted by atomic mass is 9.95. The van der Waals surface area contributed by atoms with E-state index < -0.39 is 11.6 Å². The topological polar surface area (TPSA) is 50.8 Å². The van der Waals surface area contributed by atoms with Crippen LogP contribution in [0.25, 0.3) is 0 Å². The summed E-state index contributed by atoms with van der Waals surface area (Å²) in [7, 11) is 1.65. The number of hydrogen-bond donors (Lipinski definition) is 1. The normalized spacial score (nSPS) is 26.8. The van der Waals surface area contributed by atoms with Crippen molar-refractivity contribution >= 4 is 6.03 Å². The minimum absolute atomic E-state index is 0.0475. The Bertz CT molecular complexity index is 1010. The first-order chi connectivity index (χ1) is 15.5. The highest BCUT2D eigenvalue weighted by Crippen LogP contribution is 2.47. The zero-order valence-corrected chi connectivity index (χ0v) is 18.2. The SMILES string of the molecule is COc1ccc(C2CNC(=O)N(Cc3ccc(F)c(F)c3)C2)cc1OC1C[C@@H]2CC[C@H]1C2. The summed E-state index contributed by atoms with van der Waals surface area (Å²) in [6.45, 7) is 1.20. The van der Waals surface area contributed by atoms with E-state index in [2.05, 4.69) is 5.32 Å². The van der Waals surface area contributed by atoms with Gasteiger partial charge in [-0.25, -0.2) is 13.6 Å². The van der Waals surface area contributed by atoms with Gasteiger partial charge in [-0.05, 0) is 72.9 Å². The van der Waals surface area contributed by atoms with Crippen molar-refractivity contribution in [3.05, 3.63) is 59.2 Å². The van der Waals surface area contributed by atoms with Crippen molar-refractivity contribution in [2.24, 2.45) is 11.8 Å². The maximum atomic E-state index is 13.6. The number of halogens is 2. The maximum absolute atomic E-state index is 13.6. The largest absolute Gasteiger partial charge is 0.493 e. The second kappa shape index (κ2) is 8.60. The van der Waals surface area contributed by atoms with E-state index in [9.17, 15) is 13.6 Å².